The summed E-state index contributed by atoms with van der Waals surface area (Å²) < 4.78 is 0. The molecule has 4 heavy (non-hydrogen) atoms. The zero-order chi connectivity index (χ0) is 0. The molecular weight excluding hydrogens is 204 g/mol. The Labute approximate surface area is 83.4 Å². The molecule has 0 saturated heterocycles. The summed E-state index contributed by atoms with van der Waals surface area (Å²) in [5.41, 5.74) is 0. The molecule has 0 heterocycles. The van der Waals surface area contributed by atoms with Gasteiger partial charge in [-0.05, 0) is 0 Å². The van der Waals surface area contributed by atoms with E-state index in [9.17, 15) is 0 Å². The van der Waals surface area contributed by atoms with Crippen molar-refractivity contribution in [2.24, 2.45) is 0 Å². The van der Waals surface area contributed by atoms with Crippen LogP contribution in [0.1, 0.15) is 1.43 Å². The molecule has 24 valence electrons. The van der Waals surface area contributed by atoms with Crippen molar-refractivity contribution in [3.63, 3.8) is 0 Å². The number of hydrogen-bond acceptors (Lipinski definition) is 0. The second-order valence-corrected chi connectivity index (χ2v) is 0. The van der Waals surface area contributed by atoms with Crippen molar-refractivity contribution in [1.29, 1.82) is 0 Å². The van der Waals surface area contributed by atoms with E-state index in [4.69, 9.17) is 0 Å². The maximum absolute atomic E-state index is 0. The van der Waals surface area contributed by atoms with Gasteiger partial charge in [0.25, 0.3) is 0 Å². The van der Waals surface area contributed by atoms with Crippen LogP contribution in [0.15, 0.2) is 0 Å². The summed E-state index contributed by atoms with van der Waals surface area (Å²) in [6.45, 7) is 0. The number of halogens is 1. The van der Waals surface area contributed by atoms with Crippen LogP contribution >= 0.6 is 12.4 Å². The van der Waals surface area contributed by atoms with E-state index in [1.54, 1.807) is 0 Å². The van der Waals surface area contributed by atoms with E-state index < -0.39 is 0 Å². The van der Waals surface area contributed by atoms with Crippen LogP contribution in [0.5, 0.6) is 0 Å². The average molecular weight is 213 g/mol. The molecule has 0 amide bonds. The molecule has 0 spiro atoms. The van der Waals surface area contributed by atoms with Gasteiger partial charge in [0.2, 0.25) is 0 Å². The Morgan fingerprint density at radius 3 is 1.25 bits per heavy atom. The van der Waals surface area contributed by atoms with Crippen molar-refractivity contribution >= 4 is 53.7 Å². The van der Waals surface area contributed by atoms with Crippen LogP contribution in [0.2, 0.25) is 0 Å². The minimum atomic E-state index is 0. The molecule has 0 aromatic heterocycles. The molecule has 0 aliphatic heterocycles. The van der Waals surface area contributed by atoms with Crippen molar-refractivity contribution in [2.45, 2.75) is 0 Å². The predicted octanol–water partition coefficient (Wildman–Crippen LogP) is -5.10. The van der Waals surface area contributed by atoms with Gasteiger partial charge in [0.15, 0.2) is 17.4 Å². The van der Waals surface area contributed by atoms with Crippen LogP contribution in [0.25, 0.3) is 0 Å². The first-order chi connectivity index (χ1) is 0. The fourth-order valence-electron chi connectivity index (χ4n) is 0. The van der Waals surface area contributed by atoms with Crippen molar-refractivity contribution in [1.82, 2.24) is 0 Å². The minimum absolute atomic E-state index is 0. The molecule has 0 atom stereocenters. The van der Waals surface area contributed by atoms with Crippen LogP contribution in [-0.4, -0.2) is 41.3 Å². The van der Waals surface area contributed by atoms with Crippen molar-refractivity contribution in [3.05, 3.63) is 0 Å². The fourth-order valence-corrected chi connectivity index (χ4v) is 0. The maximum atomic E-state index is 0. The molecule has 4 heteroatoms. The van der Waals surface area contributed by atoms with E-state index in [-0.39, 0.29) is 84.7 Å². The van der Waals surface area contributed by atoms with Crippen LogP contribution in [0, 0.1) is 0 Å². The SMILES string of the molecule is Cl.[AlH3].[H-].[Na+].[SnH4]. The fraction of sp³-hybridized carbons (Fsp3) is 0. The van der Waals surface area contributed by atoms with Gasteiger partial charge in [-0.25, -0.2) is 0 Å². The average Bonchev–Trinajstić information content (AvgIpc) is 0. The Kier molecular flexibility index (Phi) is 133. The van der Waals surface area contributed by atoms with Gasteiger partial charge in [0, 0.05) is 0 Å². The predicted molar refractivity (Wildman–Crippen MR) is 29.6 cm³/mol. The molecule has 0 unspecified atom stereocenters. The van der Waals surface area contributed by atoms with Gasteiger partial charge < -0.3 is 1.43 Å². The molecule has 0 saturated carbocycles. The third-order valence-electron chi connectivity index (χ3n) is 0. The van der Waals surface area contributed by atoms with Crippen molar-refractivity contribution < 1.29 is 31.0 Å². The van der Waals surface area contributed by atoms with E-state index in [2.05, 4.69) is 0 Å². The van der Waals surface area contributed by atoms with Gasteiger partial charge in [-0.15, -0.1) is 12.4 Å². The second-order valence-electron chi connectivity index (χ2n) is 0. The Morgan fingerprint density at radius 2 is 1.25 bits per heavy atom. The monoisotopic (exact) mass is 214 g/mol. The first kappa shape index (κ1) is 30.5. The van der Waals surface area contributed by atoms with E-state index in [1.807, 2.05) is 0 Å². The molecule has 0 aliphatic rings. The normalized spacial score (nSPS) is 0. The van der Waals surface area contributed by atoms with Crippen LogP contribution in [-0.2, 0) is 0 Å². The zero-order valence-corrected chi connectivity index (χ0v) is 4.22. The molecule has 0 aromatic rings. The molecule has 0 rings (SSSR count). The van der Waals surface area contributed by atoms with E-state index in [0.717, 1.165) is 0 Å². The van der Waals surface area contributed by atoms with Gasteiger partial charge in [-0.2, -0.15) is 0 Å². The van der Waals surface area contributed by atoms with Crippen LogP contribution in [0.3, 0.4) is 0 Å². The first-order valence-corrected chi connectivity index (χ1v) is 0. The summed E-state index contributed by atoms with van der Waals surface area (Å²) in [7, 11) is 0. The summed E-state index contributed by atoms with van der Waals surface area (Å²) in [4.78, 5) is 0. The summed E-state index contributed by atoms with van der Waals surface area (Å²) >= 11 is 0. The molecule has 0 aromatic carbocycles. The molecule has 0 bridgehead atoms. The Morgan fingerprint density at radius 1 is 1.25 bits per heavy atom. The zero-order valence-electron chi connectivity index (χ0n) is 2.41. The Balaban J connectivity index is 0. The summed E-state index contributed by atoms with van der Waals surface area (Å²) in [5.74, 6) is 0. The molecule has 0 fully saturated rings. The number of rotatable bonds is 0. The van der Waals surface area contributed by atoms with E-state index in [0.29, 0.717) is 0 Å². The quantitative estimate of drug-likeness (QED) is 0.353. The van der Waals surface area contributed by atoms with E-state index >= 15 is 0 Å². The van der Waals surface area contributed by atoms with Gasteiger partial charge in [-0.3, -0.25) is 0 Å². The van der Waals surface area contributed by atoms with Gasteiger partial charge in [-0.1, -0.05) is 0 Å². The van der Waals surface area contributed by atoms with E-state index in [1.165, 1.54) is 0 Å². The third-order valence-corrected chi connectivity index (χ3v) is 0. The van der Waals surface area contributed by atoms with Crippen LogP contribution < -0.4 is 29.6 Å². The first-order valence-electron chi connectivity index (χ1n) is 0. The topological polar surface area (TPSA) is 0 Å². The molecule has 0 nitrogen and oxygen atoms in total. The molecule has 0 radical (unpaired) electrons. The third kappa shape index (κ3) is 8.82. The van der Waals surface area contributed by atoms with Gasteiger partial charge in [0.1, 0.15) is 0 Å². The van der Waals surface area contributed by atoms with Crippen molar-refractivity contribution in [3.8, 4) is 0 Å². The van der Waals surface area contributed by atoms with Crippen LogP contribution in [0.4, 0.5) is 0 Å². The Bertz CT molecular complexity index is 11.6. The molecule has 0 aliphatic carbocycles. The standard InChI is InChI=1S/Al.ClH.Na.Sn.8H/h;1H;;;;;;;;;;/q;;+1;;;;;;;;;-1. The molecule has 0 N–H and O–H groups in total. The number of hydrogen-bond donors (Lipinski definition) is 0. The summed E-state index contributed by atoms with van der Waals surface area (Å²) in [5, 5.41) is 0. The summed E-state index contributed by atoms with van der Waals surface area (Å²) in [6, 6.07) is 0. The second kappa shape index (κ2) is 17.5. The van der Waals surface area contributed by atoms with Crippen molar-refractivity contribution in [2.75, 3.05) is 0 Å². The molecular formula is H9AlClNaSn. The Hall–Kier alpha value is 2.62. The summed E-state index contributed by atoms with van der Waals surface area (Å²) in [6.07, 6.45) is 0. The van der Waals surface area contributed by atoms with Gasteiger partial charge in [0.05, 0.1) is 0 Å². The van der Waals surface area contributed by atoms with Gasteiger partial charge >= 0.3 is 53.5 Å².